The van der Waals surface area contributed by atoms with Gasteiger partial charge in [0, 0.05) is 11.0 Å². The third-order valence-electron chi connectivity index (χ3n) is 3.00. The summed E-state index contributed by atoms with van der Waals surface area (Å²) in [6, 6.07) is 8.01. The Morgan fingerprint density at radius 3 is 2.45 bits per heavy atom. The van der Waals surface area contributed by atoms with E-state index < -0.39 is 11.7 Å². The molecule has 0 bridgehead atoms. The molecule has 5 heteroatoms. The molecule has 0 heterocycles. The standard InChI is InChI=1S/C15H23BrN2O2/c1-14(2,3)20-13(19)18-10-15(4,17-5)11-7-6-8-12(16)9-11/h6-9,17H,10H2,1-5H3,(H,18,19). The summed E-state index contributed by atoms with van der Waals surface area (Å²) >= 11 is 3.46. The highest BCUT2D eigenvalue weighted by Crippen LogP contribution is 2.23. The molecule has 0 saturated carbocycles. The first kappa shape index (κ1) is 17.0. The lowest BCUT2D eigenvalue weighted by molar-refractivity contribution is 0.0512. The summed E-state index contributed by atoms with van der Waals surface area (Å²) in [7, 11) is 1.87. The zero-order valence-corrected chi connectivity index (χ0v) is 14.3. The van der Waals surface area contributed by atoms with E-state index >= 15 is 0 Å². The molecule has 0 aromatic heterocycles. The van der Waals surface area contributed by atoms with Crippen molar-refractivity contribution in [3.8, 4) is 0 Å². The molecule has 2 N–H and O–H groups in total. The van der Waals surface area contributed by atoms with Gasteiger partial charge in [-0.1, -0.05) is 28.1 Å². The normalized spacial score (nSPS) is 14.5. The second-order valence-corrected chi connectivity index (χ2v) is 6.86. The molecule has 1 unspecified atom stereocenters. The van der Waals surface area contributed by atoms with E-state index in [9.17, 15) is 4.79 Å². The van der Waals surface area contributed by atoms with Crippen molar-refractivity contribution in [2.24, 2.45) is 0 Å². The SMILES string of the molecule is CNC(C)(CNC(=O)OC(C)(C)C)c1cccc(Br)c1. The Hall–Kier alpha value is -1.07. The summed E-state index contributed by atoms with van der Waals surface area (Å²) < 4.78 is 6.26. The number of rotatable bonds is 4. The summed E-state index contributed by atoms with van der Waals surface area (Å²) in [5.74, 6) is 0. The number of benzene rings is 1. The highest BCUT2D eigenvalue weighted by Gasteiger charge is 2.26. The Morgan fingerprint density at radius 2 is 1.95 bits per heavy atom. The first-order chi connectivity index (χ1) is 9.16. The molecule has 1 amide bonds. The molecule has 112 valence electrons. The summed E-state index contributed by atoms with van der Waals surface area (Å²) in [6.45, 7) is 8.01. The highest BCUT2D eigenvalue weighted by atomic mass is 79.9. The number of alkyl carbamates (subject to hydrolysis) is 1. The van der Waals surface area contributed by atoms with Gasteiger partial charge in [0.15, 0.2) is 0 Å². The van der Waals surface area contributed by atoms with E-state index in [-0.39, 0.29) is 5.54 Å². The zero-order valence-electron chi connectivity index (χ0n) is 12.7. The van der Waals surface area contributed by atoms with Gasteiger partial charge >= 0.3 is 6.09 Å². The van der Waals surface area contributed by atoms with Crippen molar-refractivity contribution in [3.05, 3.63) is 34.3 Å². The second-order valence-electron chi connectivity index (χ2n) is 5.95. The maximum absolute atomic E-state index is 11.7. The molecule has 0 aliphatic carbocycles. The lowest BCUT2D eigenvalue weighted by atomic mass is 9.92. The minimum absolute atomic E-state index is 0.360. The lowest BCUT2D eigenvalue weighted by Gasteiger charge is -2.31. The first-order valence-corrected chi connectivity index (χ1v) is 7.37. The number of ether oxygens (including phenoxy) is 1. The summed E-state index contributed by atoms with van der Waals surface area (Å²) in [5, 5.41) is 6.06. The van der Waals surface area contributed by atoms with Crippen molar-refractivity contribution >= 4 is 22.0 Å². The van der Waals surface area contributed by atoms with E-state index in [0.29, 0.717) is 6.54 Å². The van der Waals surface area contributed by atoms with Crippen molar-refractivity contribution in [3.63, 3.8) is 0 Å². The third-order valence-corrected chi connectivity index (χ3v) is 3.49. The van der Waals surface area contributed by atoms with Gasteiger partial charge in [-0.05, 0) is 52.4 Å². The number of hydrogen-bond donors (Lipinski definition) is 2. The molecule has 1 atom stereocenters. The smallest absolute Gasteiger partial charge is 0.407 e. The van der Waals surface area contributed by atoms with Crippen molar-refractivity contribution < 1.29 is 9.53 Å². The topological polar surface area (TPSA) is 50.4 Å². The van der Waals surface area contributed by atoms with Crippen molar-refractivity contribution in [1.82, 2.24) is 10.6 Å². The van der Waals surface area contributed by atoms with Crippen LogP contribution in [0.5, 0.6) is 0 Å². The molecule has 1 aromatic rings. The maximum Gasteiger partial charge on any atom is 0.407 e. The van der Waals surface area contributed by atoms with Gasteiger partial charge in [0.05, 0.1) is 5.54 Å². The minimum Gasteiger partial charge on any atom is -0.444 e. The van der Waals surface area contributed by atoms with Crippen LogP contribution in [0.2, 0.25) is 0 Å². The third kappa shape index (κ3) is 5.13. The predicted octanol–water partition coefficient (Wildman–Crippen LogP) is 3.41. The number of hydrogen-bond acceptors (Lipinski definition) is 3. The molecule has 0 aliphatic heterocycles. The number of likely N-dealkylation sites (N-methyl/N-ethyl adjacent to an activating group) is 1. The van der Waals surface area contributed by atoms with Gasteiger partial charge in [0.2, 0.25) is 0 Å². The summed E-state index contributed by atoms with van der Waals surface area (Å²) in [4.78, 5) is 11.7. The van der Waals surface area contributed by atoms with E-state index in [1.807, 2.05) is 59.0 Å². The number of amides is 1. The van der Waals surface area contributed by atoms with Crippen molar-refractivity contribution in [2.45, 2.75) is 38.8 Å². The van der Waals surface area contributed by atoms with Crippen LogP contribution in [0.25, 0.3) is 0 Å². The summed E-state index contributed by atoms with van der Waals surface area (Å²) in [5.41, 5.74) is 0.238. The lowest BCUT2D eigenvalue weighted by Crippen LogP contribution is -2.48. The fourth-order valence-electron chi connectivity index (χ4n) is 1.73. The average molecular weight is 343 g/mol. The first-order valence-electron chi connectivity index (χ1n) is 6.58. The van der Waals surface area contributed by atoms with Crippen LogP contribution in [-0.2, 0) is 10.3 Å². The summed E-state index contributed by atoms with van der Waals surface area (Å²) in [6.07, 6.45) is -0.408. The van der Waals surface area contributed by atoms with Crippen molar-refractivity contribution in [1.29, 1.82) is 0 Å². The van der Waals surface area contributed by atoms with Crippen molar-refractivity contribution in [2.75, 3.05) is 13.6 Å². The molecule has 0 spiro atoms. The zero-order chi connectivity index (χ0) is 15.4. The molecule has 1 rings (SSSR count). The van der Waals surface area contributed by atoms with Gasteiger partial charge < -0.3 is 15.4 Å². The number of carbonyl (C=O) groups is 1. The Balaban J connectivity index is 2.74. The molecule has 4 nitrogen and oxygen atoms in total. The van der Waals surface area contributed by atoms with E-state index in [1.165, 1.54) is 0 Å². The number of nitrogens with one attached hydrogen (secondary N) is 2. The molecule has 1 aromatic carbocycles. The largest absolute Gasteiger partial charge is 0.444 e. The van der Waals surface area contributed by atoms with Crippen LogP contribution in [0.3, 0.4) is 0 Å². The van der Waals surface area contributed by atoms with Gasteiger partial charge in [-0.3, -0.25) is 0 Å². The van der Waals surface area contributed by atoms with E-state index in [4.69, 9.17) is 4.74 Å². The van der Waals surface area contributed by atoms with Gasteiger partial charge in [-0.2, -0.15) is 0 Å². The molecule has 0 saturated heterocycles. The van der Waals surface area contributed by atoms with Crippen LogP contribution < -0.4 is 10.6 Å². The number of carbonyl (C=O) groups excluding carboxylic acids is 1. The molecule has 0 aliphatic rings. The quantitative estimate of drug-likeness (QED) is 0.881. The van der Waals surface area contributed by atoms with Crippen LogP contribution in [0.1, 0.15) is 33.3 Å². The van der Waals surface area contributed by atoms with Crippen LogP contribution in [0, 0.1) is 0 Å². The van der Waals surface area contributed by atoms with Crippen LogP contribution >= 0.6 is 15.9 Å². The fourth-order valence-corrected chi connectivity index (χ4v) is 2.13. The molecule has 0 fully saturated rings. The van der Waals surface area contributed by atoms with E-state index in [0.717, 1.165) is 10.0 Å². The molecule has 0 radical (unpaired) electrons. The van der Waals surface area contributed by atoms with E-state index in [2.05, 4.69) is 26.6 Å². The Labute approximate surface area is 129 Å². The predicted molar refractivity (Wildman–Crippen MR) is 84.8 cm³/mol. The monoisotopic (exact) mass is 342 g/mol. The Morgan fingerprint density at radius 1 is 1.30 bits per heavy atom. The minimum atomic E-state index is -0.490. The van der Waals surface area contributed by atoms with Crippen LogP contribution in [-0.4, -0.2) is 25.3 Å². The average Bonchev–Trinajstić information content (AvgIpc) is 2.34. The number of halogens is 1. The van der Waals surface area contributed by atoms with Gasteiger partial charge in [0.25, 0.3) is 0 Å². The van der Waals surface area contributed by atoms with Crippen LogP contribution in [0.4, 0.5) is 4.79 Å². The molecular weight excluding hydrogens is 320 g/mol. The van der Waals surface area contributed by atoms with Gasteiger partial charge in [-0.25, -0.2) is 4.79 Å². The van der Waals surface area contributed by atoms with Crippen LogP contribution in [0.15, 0.2) is 28.7 Å². The van der Waals surface area contributed by atoms with Gasteiger partial charge in [0.1, 0.15) is 5.60 Å². The van der Waals surface area contributed by atoms with E-state index in [1.54, 1.807) is 0 Å². The molecular formula is C15H23BrN2O2. The Bertz CT molecular complexity index is 471. The van der Waals surface area contributed by atoms with Gasteiger partial charge in [-0.15, -0.1) is 0 Å². The second kappa shape index (κ2) is 6.59. The fraction of sp³-hybridized carbons (Fsp3) is 0.533. The highest BCUT2D eigenvalue weighted by molar-refractivity contribution is 9.10. The Kier molecular flexibility index (Phi) is 5.59. The maximum atomic E-state index is 11.7. The molecule has 20 heavy (non-hydrogen) atoms.